The maximum atomic E-state index is 13.1. The zero-order valence-corrected chi connectivity index (χ0v) is 14.3. The fourth-order valence-electron chi connectivity index (χ4n) is 2.55. The summed E-state index contributed by atoms with van der Waals surface area (Å²) >= 11 is 0. The Morgan fingerprint density at radius 3 is 1.23 bits per heavy atom. The number of alkyl halides is 3. The third-order valence-corrected chi connectivity index (χ3v) is 6.87. The lowest BCUT2D eigenvalue weighted by Crippen LogP contribution is -2.27. The van der Waals surface area contributed by atoms with E-state index in [0.717, 1.165) is 0 Å². The van der Waals surface area contributed by atoms with E-state index in [1.54, 1.807) is 91.0 Å². The third-order valence-electron chi connectivity index (χ3n) is 3.66. The van der Waals surface area contributed by atoms with Gasteiger partial charge in [-0.2, -0.15) is 13.2 Å². The Balaban J connectivity index is 2.30. The second-order valence-electron chi connectivity index (χ2n) is 5.36. The summed E-state index contributed by atoms with van der Waals surface area (Å²) in [6.45, 7) is 0. The lowest BCUT2D eigenvalue weighted by molar-refractivity contribution is -0.188. The maximum Gasteiger partial charge on any atom is 0.491 e. The Labute approximate surface area is 150 Å². The van der Waals surface area contributed by atoms with Crippen molar-refractivity contribution in [1.29, 1.82) is 0 Å². The van der Waals surface area contributed by atoms with Crippen molar-refractivity contribution in [3.05, 3.63) is 91.0 Å². The molecule has 0 aliphatic carbocycles. The highest BCUT2D eigenvalue weighted by Crippen LogP contribution is 2.69. The van der Waals surface area contributed by atoms with Crippen molar-refractivity contribution in [2.45, 2.75) is 20.9 Å². The van der Waals surface area contributed by atoms with Gasteiger partial charge in [-0.3, -0.25) is 0 Å². The van der Waals surface area contributed by atoms with Gasteiger partial charge in [-0.15, -0.1) is 0 Å². The lowest BCUT2D eigenvalue weighted by Gasteiger charge is -2.39. The van der Waals surface area contributed by atoms with Gasteiger partial charge in [-0.1, -0.05) is 54.6 Å². The summed E-state index contributed by atoms with van der Waals surface area (Å²) in [6, 6.07) is 25.6. The molecule has 0 fully saturated rings. The molecule has 0 radical (unpaired) electrons. The summed E-state index contributed by atoms with van der Waals surface area (Å²) in [7, 11) is -2.88. The van der Waals surface area contributed by atoms with Gasteiger partial charge in [0.05, 0.1) is 0 Å². The molecule has 0 aliphatic heterocycles. The summed E-state index contributed by atoms with van der Waals surface area (Å²) in [4.78, 5) is 13.4. The van der Waals surface area contributed by atoms with Gasteiger partial charge in [0, 0.05) is 14.7 Å². The molecule has 134 valence electrons. The van der Waals surface area contributed by atoms with Crippen molar-refractivity contribution in [2.75, 3.05) is 0 Å². The predicted molar refractivity (Wildman–Crippen MR) is 93.9 cm³/mol. The largest absolute Gasteiger partial charge is 0.491 e. The van der Waals surface area contributed by atoms with Crippen molar-refractivity contribution in [3.63, 3.8) is 0 Å². The van der Waals surface area contributed by atoms with E-state index in [0.29, 0.717) is 14.7 Å². The summed E-state index contributed by atoms with van der Waals surface area (Å²) in [6.07, 6.45) is -5.09. The summed E-state index contributed by atoms with van der Waals surface area (Å²) in [5, 5.41) is 0. The lowest BCUT2D eigenvalue weighted by atomic mass is 10.4. The molecule has 6 heteroatoms. The first-order valence-corrected chi connectivity index (χ1v) is 9.29. The van der Waals surface area contributed by atoms with Crippen LogP contribution in [0.2, 0.25) is 0 Å². The number of rotatable bonds is 4. The average molecular weight is 376 g/mol. The molecule has 0 saturated heterocycles. The van der Waals surface area contributed by atoms with Crippen LogP contribution in [0.15, 0.2) is 106 Å². The predicted octanol–water partition coefficient (Wildman–Crippen LogP) is 5.99. The Bertz CT molecular complexity index is 769. The number of carbonyl (C=O) groups excluding carboxylic acids is 1. The quantitative estimate of drug-likeness (QED) is 0.559. The molecule has 0 aromatic heterocycles. The minimum atomic E-state index is -5.09. The van der Waals surface area contributed by atoms with Crippen molar-refractivity contribution >= 4 is 16.3 Å². The first-order chi connectivity index (χ1) is 12.4. The summed E-state index contributed by atoms with van der Waals surface area (Å²) < 4.78 is 44.5. The number of carbonyl (C=O) groups is 1. The molecule has 3 aromatic rings. The van der Waals surface area contributed by atoms with Gasteiger partial charge in [-0.25, -0.2) is 4.79 Å². The molecular weight excluding hydrogens is 361 g/mol. The molecule has 0 bridgehead atoms. The van der Waals surface area contributed by atoms with Crippen LogP contribution in [0.1, 0.15) is 0 Å². The first kappa shape index (κ1) is 18.1. The maximum absolute atomic E-state index is 13.1. The number of hydrogen-bond donors (Lipinski definition) is 0. The van der Waals surface area contributed by atoms with E-state index in [9.17, 15) is 18.0 Å². The van der Waals surface area contributed by atoms with Crippen molar-refractivity contribution in [1.82, 2.24) is 0 Å². The molecule has 3 rings (SSSR count). The average Bonchev–Trinajstić information content (AvgIpc) is 2.67. The molecule has 0 heterocycles. The summed E-state index contributed by atoms with van der Waals surface area (Å²) in [5.74, 6) is -2.20. The highest BCUT2D eigenvalue weighted by molar-refractivity contribution is 8.30. The van der Waals surface area contributed by atoms with Crippen molar-refractivity contribution in [2.24, 2.45) is 0 Å². The number of halogens is 3. The third kappa shape index (κ3) is 3.46. The monoisotopic (exact) mass is 376 g/mol. The molecule has 0 N–H and O–H groups in total. The van der Waals surface area contributed by atoms with E-state index < -0.39 is 22.5 Å². The van der Waals surface area contributed by atoms with E-state index in [2.05, 4.69) is 0 Å². The Morgan fingerprint density at radius 1 is 0.654 bits per heavy atom. The van der Waals surface area contributed by atoms with Gasteiger partial charge < -0.3 is 4.18 Å². The van der Waals surface area contributed by atoms with Gasteiger partial charge >= 0.3 is 12.1 Å². The second kappa shape index (κ2) is 7.25. The van der Waals surface area contributed by atoms with E-state index in [-0.39, 0.29) is 0 Å². The van der Waals surface area contributed by atoms with Crippen LogP contribution < -0.4 is 0 Å². The van der Waals surface area contributed by atoms with Crippen LogP contribution in [0.3, 0.4) is 0 Å². The highest BCUT2D eigenvalue weighted by Gasteiger charge is 2.47. The van der Waals surface area contributed by atoms with Gasteiger partial charge in [-0.05, 0) is 46.7 Å². The second-order valence-corrected chi connectivity index (χ2v) is 8.06. The van der Waals surface area contributed by atoms with Crippen LogP contribution in [-0.2, 0) is 8.98 Å². The van der Waals surface area contributed by atoms with Crippen LogP contribution in [0.4, 0.5) is 13.2 Å². The molecule has 0 spiro atoms. The van der Waals surface area contributed by atoms with Crippen LogP contribution in [0, 0.1) is 0 Å². The van der Waals surface area contributed by atoms with Crippen molar-refractivity contribution < 1.29 is 22.1 Å². The normalized spacial score (nSPS) is 12.4. The van der Waals surface area contributed by atoms with E-state index >= 15 is 0 Å². The molecule has 0 aliphatic rings. The van der Waals surface area contributed by atoms with Crippen LogP contribution >= 0.6 is 10.3 Å². The number of benzene rings is 3. The molecule has 0 saturated carbocycles. The SMILES string of the molecule is O=C(OS(c1ccccc1)(c1ccccc1)c1ccccc1)C(F)(F)F. The van der Waals surface area contributed by atoms with Crippen molar-refractivity contribution in [3.8, 4) is 0 Å². The molecule has 0 unspecified atom stereocenters. The van der Waals surface area contributed by atoms with Crippen LogP contribution in [-0.4, -0.2) is 12.1 Å². The standard InChI is InChI=1S/C20H15F3O2S/c21-20(22,23)19(24)25-26(16-10-4-1-5-11-16,17-12-6-2-7-13-17)18-14-8-3-9-15-18/h1-15H. The minimum absolute atomic E-state index is 0.509. The minimum Gasteiger partial charge on any atom is -0.395 e. The van der Waals surface area contributed by atoms with Gasteiger partial charge in [0.15, 0.2) is 0 Å². The van der Waals surface area contributed by atoms with Gasteiger partial charge in [0.1, 0.15) is 0 Å². The zero-order valence-electron chi connectivity index (χ0n) is 13.5. The molecule has 2 nitrogen and oxygen atoms in total. The Kier molecular flexibility index (Phi) is 5.04. The Morgan fingerprint density at radius 2 is 0.962 bits per heavy atom. The first-order valence-electron chi connectivity index (χ1n) is 7.74. The molecule has 26 heavy (non-hydrogen) atoms. The number of hydrogen-bond acceptors (Lipinski definition) is 2. The summed E-state index contributed by atoms with van der Waals surface area (Å²) in [5.41, 5.74) is 0. The highest BCUT2D eigenvalue weighted by atomic mass is 32.3. The van der Waals surface area contributed by atoms with E-state index in [4.69, 9.17) is 4.18 Å². The van der Waals surface area contributed by atoms with Gasteiger partial charge in [0.25, 0.3) is 0 Å². The van der Waals surface area contributed by atoms with Crippen LogP contribution in [0.25, 0.3) is 0 Å². The fourth-order valence-corrected chi connectivity index (χ4v) is 5.60. The topological polar surface area (TPSA) is 26.3 Å². The van der Waals surface area contributed by atoms with Crippen LogP contribution in [0.5, 0.6) is 0 Å². The molecule has 0 amide bonds. The Hall–Kier alpha value is -2.73. The van der Waals surface area contributed by atoms with Gasteiger partial charge in [0.2, 0.25) is 0 Å². The zero-order chi connectivity index (χ0) is 18.6. The molecular formula is C20H15F3O2S. The fraction of sp³-hybridized carbons (Fsp3) is 0.0500. The van der Waals surface area contributed by atoms with E-state index in [1.807, 2.05) is 0 Å². The molecule has 0 atom stereocenters. The molecule has 3 aromatic carbocycles. The van der Waals surface area contributed by atoms with E-state index in [1.165, 1.54) is 0 Å². The smallest absolute Gasteiger partial charge is 0.395 e.